The van der Waals surface area contributed by atoms with Crippen molar-refractivity contribution in [2.75, 3.05) is 0 Å². The van der Waals surface area contributed by atoms with Gasteiger partial charge in [-0.2, -0.15) is 0 Å². The van der Waals surface area contributed by atoms with Gasteiger partial charge < -0.3 is 25.0 Å². The average Bonchev–Trinajstić information content (AvgIpc) is 2.50. The summed E-state index contributed by atoms with van der Waals surface area (Å²) in [5.41, 5.74) is 2.76. The molecular formula is C18H26Ba2. The third-order valence-electron chi connectivity index (χ3n) is 5.66. The van der Waals surface area contributed by atoms with E-state index in [9.17, 15) is 0 Å². The number of rotatable bonds is 1. The second kappa shape index (κ2) is 6.70. The Morgan fingerprint density at radius 3 is 1.10 bits per heavy atom. The van der Waals surface area contributed by atoms with Gasteiger partial charge in [-0.15, -0.1) is 24.7 Å². The molecule has 102 valence electrons. The van der Waals surface area contributed by atoms with Crippen LogP contribution in [-0.2, 0) is 0 Å². The third kappa shape index (κ3) is 3.26. The maximum absolute atomic E-state index is 4.48. The molecule has 2 unspecified atom stereocenters. The summed E-state index contributed by atoms with van der Waals surface area (Å²) in [6.07, 6.45) is 9.10. The summed E-state index contributed by atoms with van der Waals surface area (Å²) in [5, 5.41) is 0. The zero-order valence-corrected chi connectivity index (χ0v) is 23.0. The van der Waals surface area contributed by atoms with Gasteiger partial charge in [-0.25, -0.2) is 35.8 Å². The van der Waals surface area contributed by atoms with Crippen LogP contribution in [-0.4, -0.2) is 97.8 Å². The normalized spacial score (nSPS) is 36.8. The van der Waals surface area contributed by atoms with Crippen LogP contribution in [0.2, 0.25) is 0 Å². The average molecular weight is 517 g/mol. The number of hydrogen-bond acceptors (Lipinski definition) is 0. The van der Waals surface area contributed by atoms with E-state index < -0.39 is 0 Å². The molecule has 0 saturated carbocycles. The molecule has 0 amide bonds. The van der Waals surface area contributed by atoms with Crippen LogP contribution in [0, 0.1) is 48.3 Å². The molecule has 2 rings (SSSR count). The Bertz CT molecular complexity index is 392. The van der Waals surface area contributed by atoms with Crippen molar-refractivity contribution in [3.63, 3.8) is 0 Å². The standard InChI is InChI=1S/C18H26.2Ba/c1-15(2)11-9-13(17(15,5)6)14-10-12-16(3,4)18(14,7)8;;/h9-12H,5,7H2,1-4,6,8H3;;/q-4;2*+2. The van der Waals surface area contributed by atoms with Crippen molar-refractivity contribution >= 4 is 97.8 Å². The minimum Gasteiger partial charge on any atom is -0.352 e. The Balaban J connectivity index is 0.00000180. The summed E-state index contributed by atoms with van der Waals surface area (Å²) in [7, 11) is 0. The molecule has 2 atom stereocenters. The van der Waals surface area contributed by atoms with Crippen molar-refractivity contribution in [1.29, 1.82) is 0 Å². The Morgan fingerprint density at radius 2 is 0.950 bits per heavy atom. The first-order valence-corrected chi connectivity index (χ1v) is 6.78. The molecule has 0 radical (unpaired) electrons. The summed E-state index contributed by atoms with van der Waals surface area (Å²) in [6.45, 7) is 22.5. The first-order chi connectivity index (χ1) is 7.93. The third-order valence-corrected chi connectivity index (χ3v) is 5.66. The van der Waals surface area contributed by atoms with Crippen molar-refractivity contribution in [2.45, 2.75) is 41.5 Å². The number of allylic oxidation sites excluding steroid dienone is 4. The zero-order valence-electron chi connectivity index (χ0n) is 14.1. The molecule has 0 fully saturated rings. The molecule has 0 nitrogen and oxygen atoms in total. The predicted molar refractivity (Wildman–Crippen MR) is 90.8 cm³/mol. The van der Waals surface area contributed by atoms with Crippen LogP contribution in [0.25, 0.3) is 0 Å². The SMILES string of the molecule is [Ba+2].[Ba+2].[CH2-]C1(C)C(C2=C[CH-]C(C)(C)C2([CH2-])C)=C[CH-]C1(C)C. The quantitative estimate of drug-likeness (QED) is 0.361. The van der Waals surface area contributed by atoms with E-state index in [-0.39, 0.29) is 119 Å². The van der Waals surface area contributed by atoms with Gasteiger partial charge in [0.05, 0.1) is 0 Å². The first-order valence-electron chi connectivity index (χ1n) is 6.78. The van der Waals surface area contributed by atoms with Crippen molar-refractivity contribution in [3.05, 3.63) is 50.0 Å². The zero-order chi connectivity index (χ0) is 14.0. The summed E-state index contributed by atoms with van der Waals surface area (Å²) in [5.74, 6) is 0. The van der Waals surface area contributed by atoms with Crippen LogP contribution in [0.5, 0.6) is 0 Å². The van der Waals surface area contributed by atoms with Gasteiger partial charge in [0.2, 0.25) is 0 Å². The molecule has 2 aliphatic carbocycles. The molecule has 0 bridgehead atoms. The molecule has 2 heteroatoms. The van der Waals surface area contributed by atoms with Crippen molar-refractivity contribution in [1.82, 2.24) is 0 Å². The van der Waals surface area contributed by atoms with Gasteiger partial charge >= 0.3 is 97.8 Å². The van der Waals surface area contributed by atoms with Gasteiger partial charge in [0.15, 0.2) is 0 Å². The van der Waals surface area contributed by atoms with Gasteiger partial charge in [0, 0.05) is 0 Å². The Kier molecular flexibility index (Phi) is 7.49. The Labute approximate surface area is 207 Å². The van der Waals surface area contributed by atoms with Crippen LogP contribution in [0.1, 0.15) is 41.5 Å². The van der Waals surface area contributed by atoms with E-state index in [1.807, 2.05) is 0 Å². The summed E-state index contributed by atoms with van der Waals surface area (Å²) < 4.78 is 0. The second-order valence-electron chi connectivity index (χ2n) is 7.60. The summed E-state index contributed by atoms with van der Waals surface area (Å²) >= 11 is 0. The molecule has 0 spiro atoms. The molecule has 0 saturated heterocycles. The fourth-order valence-electron chi connectivity index (χ4n) is 2.79. The fourth-order valence-corrected chi connectivity index (χ4v) is 2.79. The maximum atomic E-state index is 4.48. The summed E-state index contributed by atoms with van der Waals surface area (Å²) in [6, 6.07) is 0. The van der Waals surface area contributed by atoms with Gasteiger partial charge in [-0.05, 0) is 0 Å². The van der Waals surface area contributed by atoms with Gasteiger partial charge in [0.25, 0.3) is 0 Å². The predicted octanol–water partition coefficient (Wildman–Crippen LogP) is 4.25. The van der Waals surface area contributed by atoms with E-state index >= 15 is 0 Å². The fraction of sp³-hybridized carbons (Fsp3) is 0.556. The minimum atomic E-state index is -0.0773. The van der Waals surface area contributed by atoms with E-state index in [0.29, 0.717) is 0 Å². The van der Waals surface area contributed by atoms with Crippen molar-refractivity contribution in [3.8, 4) is 0 Å². The Hall–Kier alpha value is 2.36. The van der Waals surface area contributed by atoms with Crippen LogP contribution in [0.3, 0.4) is 0 Å². The van der Waals surface area contributed by atoms with E-state index in [1.54, 1.807) is 0 Å². The Morgan fingerprint density at radius 1 is 0.700 bits per heavy atom. The largest absolute Gasteiger partial charge is 2.00 e. The van der Waals surface area contributed by atoms with Crippen molar-refractivity contribution < 1.29 is 0 Å². The molecule has 0 aromatic rings. The maximum Gasteiger partial charge on any atom is 2.00 e. The summed E-state index contributed by atoms with van der Waals surface area (Å²) in [4.78, 5) is 0. The van der Waals surface area contributed by atoms with Crippen LogP contribution < -0.4 is 0 Å². The molecule has 2 aliphatic rings. The molecule has 20 heavy (non-hydrogen) atoms. The molecule has 0 heterocycles. The molecule has 0 aromatic heterocycles. The smallest absolute Gasteiger partial charge is 0.352 e. The van der Waals surface area contributed by atoms with Crippen LogP contribution >= 0.6 is 0 Å². The minimum absolute atomic E-state index is 0. The molecule has 0 aliphatic heterocycles. The second-order valence-corrected chi connectivity index (χ2v) is 7.60. The molecule has 0 aromatic carbocycles. The van der Waals surface area contributed by atoms with E-state index in [4.69, 9.17) is 0 Å². The number of hydrogen-bond donors (Lipinski definition) is 0. The van der Waals surface area contributed by atoms with Gasteiger partial charge in [-0.1, -0.05) is 27.7 Å². The first kappa shape index (κ1) is 22.4. The van der Waals surface area contributed by atoms with Crippen molar-refractivity contribution in [2.24, 2.45) is 21.7 Å². The topological polar surface area (TPSA) is 0 Å². The molecule has 0 N–H and O–H groups in total. The van der Waals surface area contributed by atoms with Gasteiger partial charge in [-0.3, -0.25) is 0 Å². The van der Waals surface area contributed by atoms with Gasteiger partial charge in [0.1, 0.15) is 0 Å². The van der Waals surface area contributed by atoms with Crippen LogP contribution in [0.4, 0.5) is 0 Å². The van der Waals surface area contributed by atoms with Crippen LogP contribution in [0.15, 0.2) is 23.3 Å². The van der Waals surface area contributed by atoms with E-state index in [0.717, 1.165) is 0 Å². The van der Waals surface area contributed by atoms with E-state index in [2.05, 4.69) is 80.4 Å². The van der Waals surface area contributed by atoms with E-state index in [1.165, 1.54) is 11.1 Å². The molecular weight excluding hydrogens is 491 g/mol. The monoisotopic (exact) mass is 518 g/mol.